The highest BCUT2D eigenvalue weighted by Crippen LogP contribution is 2.27. The summed E-state index contributed by atoms with van der Waals surface area (Å²) in [7, 11) is 0. The molecule has 0 radical (unpaired) electrons. The quantitative estimate of drug-likeness (QED) is 0.468. The second-order valence-corrected chi connectivity index (χ2v) is 6.82. The summed E-state index contributed by atoms with van der Waals surface area (Å²) in [6.45, 7) is 4.90. The van der Waals surface area contributed by atoms with Gasteiger partial charge in [0.1, 0.15) is 5.58 Å². The Labute approximate surface area is 152 Å². The number of fused-ring (bicyclic) bond motifs is 3. The van der Waals surface area contributed by atoms with Crippen LogP contribution in [0, 0.1) is 0 Å². The molecule has 0 N–H and O–H groups in total. The van der Waals surface area contributed by atoms with Crippen molar-refractivity contribution in [3.63, 3.8) is 0 Å². The topological polar surface area (TPSA) is 33.5 Å². The van der Waals surface area contributed by atoms with Gasteiger partial charge in [-0.25, -0.2) is 0 Å². The summed E-state index contributed by atoms with van der Waals surface area (Å²) in [5.74, 6) is 0.608. The molecule has 130 valence electrons. The highest BCUT2D eigenvalue weighted by atomic mass is 16.4. The lowest BCUT2D eigenvalue weighted by Crippen LogP contribution is -2.30. The van der Waals surface area contributed by atoms with Crippen molar-refractivity contribution in [1.29, 1.82) is 0 Å². The minimum atomic E-state index is -0.00300. The molecule has 26 heavy (non-hydrogen) atoms. The van der Waals surface area contributed by atoms with Gasteiger partial charge in [-0.05, 0) is 36.2 Å². The molecule has 0 aliphatic heterocycles. The second kappa shape index (κ2) is 6.68. The summed E-state index contributed by atoms with van der Waals surface area (Å²) in [5, 5.41) is 2.63. The van der Waals surface area contributed by atoms with E-state index in [4.69, 9.17) is 4.42 Å². The molecule has 1 aromatic heterocycles. The van der Waals surface area contributed by atoms with Crippen molar-refractivity contribution in [1.82, 2.24) is 0 Å². The maximum absolute atomic E-state index is 12.9. The summed E-state index contributed by atoms with van der Waals surface area (Å²) < 4.78 is 6.17. The smallest absolute Gasteiger partial charge is 0.200 e. The van der Waals surface area contributed by atoms with Crippen LogP contribution in [0.3, 0.4) is 0 Å². The van der Waals surface area contributed by atoms with Gasteiger partial charge in [0, 0.05) is 18.7 Å². The molecular weight excluding hydrogens is 322 g/mol. The number of hydrogen-bond donors (Lipinski definition) is 0. The first-order valence-corrected chi connectivity index (χ1v) is 8.89. The average Bonchev–Trinajstić information content (AvgIpc) is 2.66. The molecule has 0 bridgehead atoms. The summed E-state index contributed by atoms with van der Waals surface area (Å²) in [6, 6.07) is 23.9. The van der Waals surface area contributed by atoms with Gasteiger partial charge >= 0.3 is 0 Å². The van der Waals surface area contributed by atoms with Gasteiger partial charge in [-0.3, -0.25) is 4.79 Å². The van der Waals surface area contributed by atoms with Crippen LogP contribution < -0.4 is 10.3 Å². The number of nitrogens with zero attached hydrogens (tertiary/aromatic N) is 1. The Kier molecular flexibility index (Phi) is 4.21. The molecule has 1 heterocycles. The van der Waals surface area contributed by atoms with E-state index < -0.39 is 0 Å². The summed E-state index contributed by atoms with van der Waals surface area (Å²) in [6.07, 6.45) is 0. The van der Waals surface area contributed by atoms with Crippen LogP contribution in [0.5, 0.6) is 0 Å². The van der Waals surface area contributed by atoms with E-state index in [9.17, 15) is 4.79 Å². The molecule has 0 aliphatic carbocycles. The predicted octanol–water partition coefficient (Wildman–Crippen LogP) is 5.36. The van der Waals surface area contributed by atoms with Crippen LogP contribution in [-0.2, 0) is 6.54 Å². The highest BCUT2D eigenvalue weighted by Gasteiger charge is 2.17. The maximum atomic E-state index is 12.9. The normalized spacial score (nSPS) is 11.3. The standard InChI is InChI=1S/C23H21NO2/c1-16(2)24(15-17-8-4-3-5-9-17)22-14-20(25)23-19-11-7-6-10-18(19)12-13-21(23)26-22/h3-14,16H,15H2,1-2H3. The molecule has 4 aromatic rings. The lowest BCUT2D eigenvalue weighted by Gasteiger charge is -2.27. The lowest BCUT2D eigenvalue weighted by atomic mass is 10.1. The second-order valence-electron chi connectivity index (χ2n) is 6.82. The lowest BCUT2D eigenvalue weighted by molar-refractivity contribution is 0.540. The van der Waals surface area contributed by atoms with Crippen molar-refractivity contribution in [2.24, 2.45) is 0 Å². The van der Waals surface area contributed by atoms with E-state index in [0.29, 0.717) is 23.4 Å². The van der Waals surface area contributed by atoms with Gasteiger partial charge in [0.25, 0.3) is 0 Å². The third-order valence-electron chi connectivity index (χ3n) is 4.71. The molecule has 0 unspecified atom stereocenters. The Hall–Kier alpha value is -3.07. The molecule has 4 rings (SSSR count). The van der Waals surface area contributed by atoms with Gasteiger partial charge in [0.2, 0.25) is 5.88 Å². The molecule has 3 aromatic carbocycles. The fourth-order valence-electron chi connectivity index (χ4n) is 3.35. The largest absolute Gasteiger partial charge is 0.440 e. The summed E-state index contributed by atoms with van der Waals surface area (Å²) in [5.41, 5.74) is 1.81. The number of hydrogen-bond acceptors (Lipinski definition) is 3. The molecular formula is C23H21NO2. The minimum absolute atomic E-state index is 0.00300. The first kappa shape index (κ1) is 16.4. The van der Waals surface area contributed by atoms with E-state index in [1.54, 1.807) is 6.07 Å². The van der Waals surface area contributed by atoms with Crippen LogP contribution in [0.25, 0.3) is 21.7 Å². The Balaban J connectivity index is 1.85. The van der Waals surface area contributed by atoms with Gasteiger partial charge in [-0.2, -0.15) is 0 Å². The van der Waals surface area contributed by atoms with Crippen LogP contribution >= 0.6 is 0 Å². The summed E-state index contributed by atoms with van der Waals surface area (Å²) >= 11 is 0. The fourth-order valence-corrected chi connectivity index (χ4v) is 3.35. The van der Waals surface area contributed by atoms with Gasteiger partial charge < -0.3 is 9.32 Å². The molecule has 0 amide bonds. The van der Waals surface area contributed by atoms with Crippen molar-refractivity contribution in [2.75, 3.05) is 4.90 Å². The number of rotatable bonds is 4. The third kappa shape index (κ3) is 2.97. The zero-order valence-electron chi connectivity index (χ0n) is 15.0. The zero-order valence-corrected chi connectivity index (χ0v) is 15.0. The van der Waals surface area contributed by atoms with E-state index >= 15 is 0 Å². The molecule has 3 nitrogen and oxygen atoms in total. The molecule has 0 saturated heterocycles. The van der Waals surface area contributed by atoms with Crippen LogP contribution in [0.2, 0.25) is 0 Å². The van der Waals surface area contributed by atoms with Crippen molar-refractivity contribution in [3.05, 3.63) is 88.6 Å². The van der Waals surface area contributed by atoms with E-state index in [-0.39, 0.29) is 11.5 Å². The Morgan fingerprint density at radius 1 is 0.923 bits per heavy atom. The van der Waals surface area contributed by atoms with Gasteiger partial charge in [0.05, 0.1) is 5.39 Å². The molecule has 0 atom stereocenters. The van der Waals surface area contributed by atoms with Crippen LogP contribution in [0.1, 0.15) is 19.4 Å². The average molecular weight is 343 g/mol. The van der Waals surface area contributed by atoms with E-state index in [1.807, 2.05) is 54.6 Å². The van der Waals surface area contributed by atoms with Crippen molar-refractivity contribution in [3.8, 4) is 0 Å². The molecule has 0 spiro atoms. The number of anilines is 1. The highest BCUT2D eigenvalue weighted by molar-refractivity contribution is 6.05. The van der Waals surface area contributed by atoms with E-state index in [1.165, 1.54) is 5.56 Å². The first-order chi connectivity index (χ1) is 12.6. The molecule has 0 saturated carbocycles. The fraction of sp³-hybridized carbons (Fsp3) is 0.174. The van der Waals surface area contributed by atoms with E-state index in [0.717, 1.165) is 10.8 Å². The third-order valence-corrected chi connectivity index (χ3v) is 4.71. The van der Waals surface area contributed by atoms with Crippen LogP contribution in [0.4, 0.5) is 5.88 Å². The Morgan fingerprint density at radius 2 is 1.65 bits per heavy atom. The predicted molar refractivity (Wildman–Crippen MR) is 108 cm³/mol. The molecule has 0 aliphatic rings. The Bertz CT molecular complexity index is 1110. The van der Waals surface area contributed by atoms with Crippen molar-refractivity contribution >= 4 is 27.6 Å². The molecule has 3 heteroatoms. The van der Waals surface area contributed by atoms with Gasteiger partial charge in [-0.1, -0.05) is 60.7 Å². The van der Waals surface area contributed by atoms with Crippen molar-refractivity contribution in [2.45, 2.75) is 26.4 Å². The Morgan fingerprint density at radius 3 is 2.42 bits per heavy atom. The zero-order chi connectivity index (χ0) is 18.1. The van der Waals surface area contributed by atoms with E-state index in [2.05, 4.69) is 30.9 Å². The van der Waals surface area contributed by atoms with Crippen molar-refractivity contribution < 1.29 is 4.42 Å². The van der Waals surface area contributed by atoms with Crippen LogP contribution in [-0.4, -0.2) is 6.04 Å². The van der Waals surface area contributed by atoms with Gasteiger partial charge in [0.15, 0.2) is 5.43 Å². The SMILES string of the molecule is CC(C)N(Cc1ccccc1)c1cc(=O)c2c(ccc3ccccc32)o1. The number of benzene rings is 3. The maximum Gasteiger partial charge on any atom is 0.200 e. The molecule has 0 fully saturated rings. The monoisotopic (exact) mass is 343 g/mol. The van der Waals surface area contributed by atoms with Gasteiger partial charge in [-0.15, -0.1) is 0 Å². The summed E-state index contributed by atoms with van der Waals surface area (Å²) in [4.78, 5) is 15.0. The van der Waals surface area contributed by atoms with Crippen LogP contribution in [0.15, 0.2) is 82.0 Å². The minimum Gasteiger partial charge on any atom is -0.440 e. The first-order valence-electron chi connectivity index (χ1n) is 8.89.